The van der Waals surface area contributed by atoms with E-state index < -0.39 is 0 Å². The first-order valence-corrected chi connectivity index (χ1v) is 10.1. The normalized spacial score (nSPS) is 11.0. The fourth-order valence-corrected chi connectivity index (χ4v) is 3.43. The van der Waals surface area contributed by atoms with Gasteiger partial charge >= 0.3 is 0 Å². The number of benzene rings is 3. The molecule has 0 fully saturated rings. The van der Waals surface area contributed by atoms with E-state index >= 15 is 0 Å². The van der Waals surface area contributed by atoms with Crippen LogP contribution in [-0.4, -0.2) is 15.0 Å². The molecule has 4 rings (SSSR count). The second-order valence-corrected chi connectivity index (χ2v) is 7.56. The third-order valence-electron chi connectivity index (χ3n) is 4.58. The molecule has 0 radical (unpaired) electrons. The van der Waals surface area contributed by atoms with Crippen molar-refractivity contribution in [1.29, 1.82) is 0 Å². The van der Waals surface area contributed by atoms with Crippen molar-refractivity contribution in [1.82, 2.24) is 20.3 Å². The smallest absolute Gasteiger partial charge is 0.117 e. The van der Waals surface area contributed by atoms with Gasteiger partial charge in [0.15, 0.2) is 0 Å². The van der Waals surface area contributed by atoms with Gasteiger partial charge in [-0.25, -0.2) is 0 Å². The zero-order valence-electron chi connectivity index (χ0n) is 15.7. The molecule has 0 unspecified atom stereocenters. The van der Waals surface area contributed by atoms with E-state index in [4.69, 9.17) is 33.4 Å². The molecule has 0 saturated heterocycles. The summed E-state index contributed by atoms with van der Waals surface area (Å²) in [6.07, 6.45) is 0. The zero-order valence-corrected chi connectivity index (χ0v) is 17.2. The molecule has 3 aromatic carbocycles. The second kappa shape index (κ2) is 9.23. The van der Waals surface area contributed by atoms with Crippen molar-refractivity contribution in [3.05, 3.63) is 106 Å². The summed E-state index contributed by atoms with van der Waals surface area (Å²) in [5, 5.41) is 14.4. The maximum Gasteiger partial charge on any atom is 0.117 e. The molecule has 0 aliphatic heterocycles. The molecule has 1 heterocycles. The lowest BCUT2D eigenvalue weighted by Gasteiger charge is -2.06. The van der Waals surface area contributed by atoms with Gasteiger partial charge in [0.25, 0.3) is 0 Å². The molecule has 0 saturated carbocycles. The molecular formula is C23H20Cl2N4. The molecule has 29 heavy (non-hydrogen) atoms. The third kappa shape index (κ3) is 5.04. The van der Waals surface area contributed by atoms with E-state index in [1.54, 1.807) is 4.80 Å². The lowest BCUT2D eigenvalue weighted by Crippen LogP contribution is -2.14. The lowest BCUT2D eigenvalue weighted by molar-refractivity contribution is 0.576. The minimum Gasteiger partial charge on any atom is -0.307 e. The van der Waals surface area contributed by atoms with Crippen molar-refractivity contribution in [2.24, 2.45) is 0 Å². The molecule has 146 valence electrons. The molecular weight excluding hydrogens is 403 g/mol. The summed E-state index contributed by atoms with van der Waals surface area (Å²) < 4.78 is 0. The number of nitrogens with zero attached hydrogens (tertiary/aromatic N) is 3. The fraction of sp³-hybridized carbons (Fsp3) is 0.130. The van der Waals surface area contributed by atoms with Crippen molar-refractivity contribution < 1.29 is 0 Å². The van der Waals surface area contributed by atoms with Crippen molar-refractivity contribution in [3.63, 3.8) is 0 Å². The van der Waals surface area contributed by atoms with E-state index in [1.165, 1.54) is 0 Å². The van der Waals surface area contributed by atoms with Crippen molar-refractivity contribution >= 4 is 23.2 Å². The van der Waals surface area contributed by atoms with E-state index in [0.717, 1.165) is 38.1 Å². The van der Waals surface area contributed by atoms with Gasteiger partial charge in [-0.1, -0.05) is 83.9 Å². The topological polar surface area (TPSA) is 42.7 Å². The molecule has 0 amide bonds. The van der Waals surface area contributed by atoms with Crippen LogP contribution in [0.5, 0.6) is 0 Å². The van der Waals surface area contributed by atoms with Gasteiger partial charge in [-0.15, -0.1) is 0 Å². The zero-order chi connectivity index (χ0) is 20.1. The molecule has 0 bridgehead atoms. The Morgan fingerprint density at radius 3 is 2.24 bits per heavy atom. The Kier molecular flexibility index (Phi) is 6.25. The Bertz CT molecular complexity index is 1080. The van der Waals surface area contributed by atoms with Gasteiger partial charge in [-0.2, -0.15) is 15.0 Å². The second-order valence-electron chi connectivity index (χ2n) is 6.71. The number of halogens is 2. The van der Waals surface area contributed by atoms with Crippen molar-refractivity contribution in [2.75, 3.05) is 0 Å². The Balaban J connectivity index is 1.54. The Morgan fingerprint density at radius 2 is 1.48 bits per heavy atom. The monoisotopic (exact) mass is 422 g/mol. The number of aromatic nitrogens is 3. The number of rotatable bonds is 7. The highest BCUT2D eigenvalue weighted by Gasteiger charge is 2.13. The third-order valence-corrected chi connectivity index (χ3v) is 5.20. The van der Waals surface area contributed by atoms with Gasteiger partial charge in [0.2, 0.25) is 0 Å². The molecule has 0 aliphatic carbocycles. The molecule has 4 nitrogen and oxygen atoms in total. The van der Waals surface area contributed by atoms with Crippen LogP contribution in [0.4, 0.5) is 0 Å². The minimum absolute atomic E-state index is 0.585. The summed E-state index contributed by atoms with van der Waals surface area (Å²) in [7, 11) is 0. The van der Waals surface area contributed by atoms with Crippen LogP contribution in [-0.2, 0) is 19.6 Å². The van der Waals surface area contributed by atoms with E-state index in [2.05, 4.69) is 5.32 Å². The highest BCUT2D eigenvalue weighted by Crippen LogP contribution is 2.21. The van der Waals surface area contributed by atoms with Crippen LogP contribution in [0.1, 0.15) is 16.8 Å². The molecule has 0 atom stereocenters. The maximum atomic E-state index is 6.26. The molecule has 1 aromatic heterocycles. The van der Waals surface area contributed by atoms with Crippen LogP contribution >= 0.6 is 23.2 Å². The van der Waals surface area contributed by atoms with Crippen LogP contribution in [0.25, 0.3) is 11.3 Å². The summed E-state index contributed by atoms with van der Waals surface area (Å²) in [5.74, 6) is 0. The predicted molar refractivity (Wildman–Crippen MR) is 118 cm³/mol. The van der Waals surface area contributed by atoms with Gasteiger partial charge in [-0.05, 0) is 29.3 Å². The fourth-order valence-electron chi connectivity index (χ4n) is 3.10. The largest absolute Gasteiger partial charge is 0.307 e. The Morgan fingerprint density at radius 1 is 0.759 bits per heavy atom. The Hall–Kier alpha value is -2.66. The minimum atomic E-state index is 0.585. The summed E-state index contributed by atoms with van der Waals surface area (Å²) in [6, 6.07) is 25.7. The van der Waals surface area contributed by atoms with Gasteiger partial charge in [0.1, 0.15) is 11.4 Å². The molecule has 0 spiro atoms. The highest BCUT2D eigenvalue weighted by molar-refractivity contribution is 6.31. The first-order chi connectivity index (χ1) is 14.2. The van der Waals surface area contributed by atoms with Crippen LogP contribution < -0.4 is 5.32 Å². The lowest BCUT2D eigenvalue weighted by atomic mass is 10.1. The van der Waals surface area contributed by atoms with Crippen molar-refractivity contribution in [3.8, 4) is 11.3 Å². The Labute approximate surface area is 180 Å². The van der Waals surface area contributed by atoms with Gasteiger partial charge in [0, 0.05) is 28.7 Å². The molecule has 0 aliphatic rings. The van der Waals surface area contributed by atoms with Gasteiger partial charge in [0.05, 0.1) is 6.54 Å². The van der Waals surface area contributed by atoms with Gasteiger partial charge < -0.3 is 5.32 Å². The number of nitrogens with one attached hydrogen (secondary N) is 1. The first-order valence-electron chi connectivity index (χ1n) is 9.37. The summed E-state index contributed by atoms with van der Waals surface area (Å²) in [4.78, 5) is 1.73. The van der Waals surface area contributed by atoms with E-state index in [0.29, 0.717) is 19.6 Å². The maximum absolute atomic E-state index is 6.26. The van der Waals surface area contributed by atoms with E-state index in [1.807, 2.05) is 78.9 Å². The summed E-state index contributed by atoms with van der Waals surface area (Å²) in [6.45, 7) is 1.84. The van der Waals surface area contributed by atoms with E-state index in [9.17, 15) is 0 Å². The predicted octanol–water partition coefficient (Wildman–Crippen LogP) is 5.59. The van der Waals surface area contributed by atoms with Crippen molar-refractivity contribution in [2.45, 2.75) is 19.6 Å². The standard InChI is InChI=1S/C23H20Cl2N4/c24-20-12-10-17(11-13-20)16-29-27-22(23(28-29)18-6-2-1-3-7-18)15-26-14-19-8-4-5-9-21(19)25/h1-13,26H,14-16H2. The summed E-state index contributed by atoms with van der Waals surface area (Å²) in [5.41, 5.74) is 4.98. The molecule has 4 aromatic rings. The van der Waals surface area contributed by atoms with Crippen LogP contribution in [0, 0.1) is 0 Å². The van der Waals surface area contributed by atoms with Crippen LogP contribution in [0.15, 0.2) is 78.9 Å². The SMILES string of the molecule is Clc1ccc(Cn2nc(CNCc3ccccc3Cl)c(-c3ccccc3)n2)cc1. The highest BCUT2D eigenvalue weighted by atomic mass is 35.5. The average Bonchev–Trinajstić information content (AvgIpc) is 3.14. The molecule has 6 heteroatoms. The summed E-state index contributed by atoms with van der Waals surface area (Å²) >= 11 is 12.2. The number of hydrogen-bond acceptors (Lipinski definition) is 3. The van der Waals surface area contributed by atoms with Gasteiger partial charge in [-0.3, -0.25) is 0 Å². The quantitative estimate of drug-likeness (QED) is 0.421. The van der Waals surface area contributed by atoms with E-state index in [-0.39, 0.29) is 0 Å². The van der Waals surface area contributed by atoms with Crippen LogP contribution in [0.2, 0.25) is 10.0 Å². The first kappa shape index (κ1) is 19.6. The average molecular weight is 423 g/mol. The van der Waals surface area contributed by atoms with Crippen LogP contribution in [0.3, 0.4) is 0 Å². The number of hydrogen-bond donors (Lipinski definition) is 1. The molecule has 1 N–H and O–H groups in total.